The van der Waals surface area contributed by atoms with E-state index >= 15 is 0 Å². The van der Waals surface area contributed by atoms with E-state index in [2.05, 4.69) is 51.9 Å². The first-order valence-corrected chi connectivity index (χ1v) is 6.34. The molecule has 88 valence electrons. The molecule has 1 heteroatoms. The van der Waals surface area contributed by atoms with E-state index in [0.29, 0.717) is 17.3 Å². The number of pyridine rings is 1. The molecule has 1 nitrogen and oxygen atoms in total. The first kappa shape index (κ1) is 11.6. The summed E-state index contributed by atoms with van der Waals surface area (Å²) in [6.45, 7) is 11.8. The summed E-state index contributed by atoms with van der Waals surface area (Å²) in [6.07, 6.45) is 5.21. The molecule has 0 bridgehead atoms. The van der Waals surface area contributed by atoms with Gasteiger partial charge in [-0.3, -0.25) is 4.98 Å². The number of nitrogens with zero attached hydrogens (tertiary/aromatic N) is 1. The summed E-state index contributed by atoms with van der Waals surface area (Å²) in [4.78, 5) is 4.27. The maximum absolute atomic E-state index is 4.27. The van der Waals surface area contributed by atoms with Crippen molar-refractivity contribution < 1.29 is 0 Å². The third-order valence-corrected chi connectivity index (χ3v) is 4.00. The quantitative estimate of drug-likeness (QED) is 0.692. The fraction of sp³-hybridized carbons (Fsp3) is 0.667. The second kappa shape index (κ2) is 3.87. The summed E-state index contributed by atoms with van der Waals surface area (Å²) in [5.74, 6) is 2.18. The predicted molar refractivity (Wildman–Crippen MR) is 68.5 cm³/mol. The van der Waals surface area contributed by atoms with Crippen LogP contribution in [0.4, 0.5) is 0 Å². The summed E-state index contributed by atoms with van der Waals surface area (Å²) in [7, 11) is 0. The largest absolute Gasteiger partial charge is 0.264 e. The number of fused-ring (bicyclic) bond motifs is 1. The lowest BCUT2D eigenvalue weighted by Crippen LogP contribution is -2.27. The molecule has 0 aliphatic heterocycles. The molecule has 0 radical (unpaired) electrons. The van der Waals surface area contributed by atoms with Gasteiger partial charge < -0.3 is 0 Å². The fourth-order valence-corrected chi connectivity index (χ4v) is 3.18. The van der Waals surface area contributed by atoms with Crippen LogP contribution in [0.25, 0.3) is 0 Å². The van der Waals surface area contributed by atoms with Crippen LogP contribution in [0.5, 0.6) is 0 Å². The van der Waals surface area contributed by atoms with Gasteiger partial charge in [-0.1, -0.05) is 34.6 Å². The second-order valence-corrected chi connectivity index (χ2v) is 6.52. The van der Waals surface area contributed by atoms with E-state index in [1.165, 1.54) is 12.0 Å². The topological polar surface area (TPSA) is 12.9 Å². The Morgan fingerprint density at radius 3 is 2.56 bits per heavy atom. The zero-order valence-electron chi connectivity index (χ0n) is 11.1. The van der Waals surface area contributed by atoms with E-state index < -0.39 is 0 Å². The van der Waals surface area contributed by atoms with E-state index in [4.69, 9.17) is 0 Å². The molecular weight excluding hydrogens is 194 g/mol. The summed E-state index contributed by atoms with van der Waals surface area (Å²) in [5.41, 5.74) is 3.40. The Morgan fingerprint density at radius 2 is 2.00 bits per heavy atom. The zero-order valence-corrected chi connectivity index (χ0v) is 11.1. The SMILES string of the molecule is CC(C)C1c2ccncc2CC1C(C)(C)C. The third-order valence-electron chi connectivity index (χ3n) is 4.00. The van der Waals surface area contributed by atoms with Gasteiger partial charge in [-0.25, -0.2) is 0 Å². The zero-order chi connectivity index (χ0) is 11.9. The van der Waals surface area contributed by atoms with Crippen molar-refractivity contribution in [2.45, 2.75) is 47.0 Å². The Balaban J connectivity index is 2.42. The predicted octanol–water partition coefficient (Wildman–Crippen LogP) is 4.04. The van der Waals surface area contributed by atoms with E-state index in [9.17, 15) is 0 Å². The average Bonchev–Trinajstić information content (AvgIpc) is 2.55. The average molecular weight is 217 g/mol. The van der Waals surface area contributed by atoms with Crippen molar-refractivity contribution in [2.75, 3.05) is 0 Å². The Kier molecular flexibility index (Phi) is 2.81. The lowest BCUT2D eigenvalue weighted by Gasteiger charge is -2.34. The Hall–Kier alpha value is -0.850. The highest BCUT2D eigenvalue weighted by Crippen LogP contribution is 2.49. The van der Waals surface area contributed by atoms with E-state index in [1.807, 2.05) is 6.20 Å². The summed E-state index contributed by atoms with van der Waals surface area (Å²) in [6, 6.07) is 2.23. The summed E-state index contributed by atoms with van der Waals surface area (Å²) < 4.78 is 0. The molecule has 1 heterocycles. The van der Waals surface area contributed by atoms with Crippen LogP contribution >= 0.6 is 0 Å². The van der Waals surface area contributed by atoms with Gasteiger partial charge in [0.2, 0.25) is 0 Å². The standard InChI is InChI=1S/C15H23N/c1-10(2)14-12-6-7-16-9-11(12)8-13(14)15(3,4)5/h6-7,9-10,13-14H,8H2,1-5H3. The molecule has 2 rings (SSSR count). The van der Waals surface area contributed by atoms with E-state index in [-0.39, 0.29) is 0 Å². The van der Waals surface area contributed by atoms with Gasteiger partial charge in [0.15, 0.2) is 0 Å². The van der Waals surface area contributed by atoms with Crippen LogP contribution in [0.2, 0.25) is 0 Å². The molecule has 2 atom stereocenters. The lowest BCUT2D eigenvalue weighted by atomic mass is 9.70. The third kappa shape index (κ3) is 1.88. The molecule has 1 aromatic heterocycles. The van der Waals surface area contributed by atoms with Gasteiger partial charge in [0.25, 0.3) is 0 Å². The van der Waals surface area contributed by atoms with E-state index in [1.54, 1.807) is 5.56 Å². The molecule has 16 heavy (non-hydrogen) atoms. The summed E-state index contributed by atoms with van der Waals surface area (Å²) >= 11 is 0. The second-order valence-electron chi connectivity index (χ2n) is 6.52. The van der Waals surface area contributed by atoms with E-state index in [0.717, 1.165) is 5.92 Å². The van der Waals surface area contributed by atoms with Crippen LogP contribution in [-0.4, -0.2) is 4.98 Å². The number of hydrogen-bond acceptors (Lipinski definition) is 1. The molecule has 0 N–H and O–H groups in total. The number of rotatable bonds is 1. The number of aromatic nitrogens is 1. The Morgan fingerprint density at radius 1 is 1.31 bits per heavy atom. The van der Waals surface area contributed by atoms with Gasteiger partial charge in [-0.15, -0.1) is 0 Å². The first-order valence-electron chi connectivity index (χ1n) is 6.34. The van der Waals surface area contributed by atoms with Crippen molar-refractivity contribution in [1.29, 1.82) is 0 Å². The van der Waals surface area contributed by atoms with Crippen molar-refractivity contribution in [3.63, 3.8) is 0 Å². The van der Waals surface area contributed by atoms with Gasteiger partial charge in [0.05, 0.1) is 0 Å². The monoisotopic (exact) mass is 217 g/mol. The minimum absolute atomic E-state index is 0.383. The van der Waals surface area contributed by atoms with Crippen molar-refractivity contribution in [3.05, 3.63) is 29.6 Å². The summed E-state index contributed by atoms with van der Waals surface area (Å²) in [5, 5.41) is 0. The van der Waals surface area contributed by atoms with Crippen LogP contribution in [0.1, 0.15) is 51.7 Å². The highest BCUT2D eigenvalue weighted by Gasteiger charge is 2.40. The molecule has 1 aromatic rings. The van der Waals surface area contributed by atoms with Gasteiger partial charge in [-0.2, -0.15) is 0 Å². The van der Waals surface area contributed by atoms with Gasteiger partial charge in [0.1, 0.15) is 0 Å². The van der Waals surface area contributed by atoms with Crippen molar-refractivity contribution in [2.24, 2.45) is 17.3 Å². The first-order chi connectivity index (χ1) is 7.41. The Bertz CT molecular complexity index is 373. The molecule has 0 amide bonds. The molecule has 0 aromatic carbocycles. The highest BCUT2D eigenvalue weighted by atomic mass is 14.6. The normalized spacial score (nSPS) is 24.9. The smallest absolute Gasteiger partial charge is 0.0302 e. The maximum Gasteiger partial charge on any atom is 0.0302 e. The highest BCUT2D eigenvalue weighted by molar-refractivity contribution is 5.35. The minimum Gasteiger partial charge on any atom is -0.264 e. The van der Waals surface area contributed by atoms with Gasteiger partial charge in [0, 0.05) is 12.4 Å². The van der Waals surface area contributed by atoms with Crippen molar-refractivity contribution in [3.8, 4) is 0 Å². The molecule has 2 unspecified atom stereocenters. The molecule has 0 fully saturated rings. The van der Waals surface area contributed by atoms with Gasteiger partial charge >= 0.3 is 0 Å². The molecule has 0 saturated heterocycles. The lowest BCUT2D eigenvalue weighted by molar-refractivity contribution is 0.187. The van der Waals surface area contributed by atoms with Crippen LogP contribution < -0.4 is 0 Å². The van der Waals surface area contributed by atoms with Crippen LogP contribution in [0.15, 0.2) is 18.5 Å². The maximum atomic E-state index is 4.27. The van der Waals surface area contributed by atoms with Crippen LogP contribution in [0.3, 0.4) is 0 Å². The van der Waals surface area contributed by atoms with Crippen molar-refractivity contribution >= 4 is 0 Å². The van der Waals surface area contributed by atoms with Gasteiger partial charge in [-0.05, 0) is 46.8 Å². The van der Waals surface area contributed by atoms with Crippen LogP contribution in [-0.2, 0) is 6.42 Å². The molecule has 1 aliphatic rings. The molecule has 0 spiro atoms. The molecule has 0 saturated carbocycles. The number of hydrogen-bond donors (Lipinski definition) is 0. The molecular formula is C15H23N. The Labute approximate surface area is 99.3 Å². The van der Waals surface area contributed by atoms with Crippen molar-refractivity contribution in [1.82, 2.24) is 4.98 Å². The fourth-order valence-electron chi connectivity index (χ4n) is 3.18. The minimum atomic E-state index is 0.383. The van der Waals surface area contributed by atoms with Crippen LogP contribution in [0, 0.1) is 17.3 Å². The molecule has 1 aliphatic carbocycles.